The number of thiazole rings is 1. The molecule has 0 saturated heterocycles. The van der Waals surface area contributed by atoms with Gasteiger partial charge in [0.05, 0.1) is 18.5 Å². The molecular weight excluding hydrogens is 330 g/mol. The standard InChI is InChI=1S/C20H19N3OS/c1-12-7-8-18(24-3)16(9-12)19-13(2)25-20-22-17(11-23(19)20)14-5-4-6-15(21)10-14/h4-11H,21H2,1-3H3. The topological polar surface area (TPSA) is 52.5 Å². The Hall–Kier alpha value is -2.79. The van der Waals surface area contributed by atoms with Crippen LogP contribution in [0, 0.1) is 13.8 Å². The molecule has 126 valence electrons. The molecule has 0 radical (unpaired) electrons. The molecule has 0 aliphatic carbocycles. The van der Waals surface area contributed by atoms with E-state index in [1.165, 1.54) is 10.4 Å². The minimum Gasteiger partial charge on any atom is -0.496 e. The van der Waals surface area contributed by atoms with Gasteiger partial charge in [0, 0.05) is 27.9 Å². The summed E-state index contributed by atoms with van der Waals surface area (Å²) < 4.78 is 7.74. The zero-order valence-electron chi connectivity index (χ0n) is 14.4. The van der Waals surface area contributed by atoms with Gasteiger partial charge >= 0.3 is 0 Å². The maximum absolute atomic E-state index is 5.92. The zero-order valence-corrected chi connectivity index (χ0v) is 15.2. The molecule has 0 saturated carbocycles. The van der Waals surface area contributed by atoms with Crippen molar-refractivity contribution in [2.75, 3.05) is 12.8 Å². The Balaban J connectivity index is 1.93. The molecule has 0 fully saturated rings. The minimum atomic E-state index is 0.741. The molecule has 4 aromatic rings. The first-order chi connectivity index (χ1) is 12.1. The maximum atomic E-state index is 5.92. The molecule has 0 aliphatic heterocycles. The van der Waals surface area contributed by atoms with Gasteiger partial charge in [-0.2, -0.15) is 0 Å². The molecule has 2 aromatic carbocycles. The van der Waals surface area contributed by atoms with E-state index in [4.69, 9.17) is 15.5 Å². The first-order valence-electron chi connectivity index (χ1n) is 8.06. The molecule has 0 amide bonds. The molecule has 2 aromatic heterocycles. The lowest BCUT2D eigenvalue weighted by molar-refractivity contribution is 0.416. The fourth-order valence-corrected chi connectivity index (χ4v) is 4.08. The molecule has 0 bridgehead atoms. The molecule has 4 rings (SSSR count). The molecule has 4 nitrogen and oxygen atoms in total. The van der Waals surface area contributed by atoms with Crippen molar-refractivity contribution >= 4 is 22.0 Å². The van der Waals surface area contributed by atoms with Crippen molar-refractivity contribution in [1.29, 1.82) is 0 Å². The van der Waals surface area contributed by atoms with Crippen LogP contribution in [-0.4, -0.2) is 16.5 Å². The largest absolute Gasteiger partial charge is 0.496 e. The lowest BCUT2D eigenvalue weighted by Crippen LogP contribution is -1.93. The number of fused-ring (bicyclic) bond motifs is 1. The average molecular weight is 349 g/mol. The van der Waals surface area contributed by atoms with Crippen LogP contribution in [-0.2, 0) is 0 Å². The fourth-order valence-electron chi connectivity index (χ4n) is 3.11. The monoisotopic (exact) mass is 349 g/mol. The number of methoxy groups -OCH3 is 1. The highest BCUT2D eigenvalue weighted by Crippen LogP contribution is 2.38. The lowest BCUT2D eigenvalue weighted by atomic mass is 10.1. The number of anilines is 1. The minimum absolute atomic E-state index is 0.741. The Kier molecular flexibility index (Phi) is 3.73. The van der Waals surface area contributed by atoms with Gasteiger partial charge in [0.25, 0.3) is 0 Å². The van der Waals surface area contributed by atoms with Crippen LogP contribution in [0.2, 0.25) is 0 Å². The van der Waals surface area contributed by atoms with Crippen LogP contribution in [0.1, 0.15) is 10.4 Å². The van der Waals surface area contributed by atoms with Crippen molar-refractivity contribution in [3.63, 3.8) is 0 Å². The number of nitrogens with two attached hydrogens (primary N) is 1. The fraction of sp³-hybridized carbons (Fsp3) is 0.150. The third-order valence-corrected chi connectivity index (χ3v) is 5.25. The number of hydrogen-bond donors (Lipinski definition) is 1. The Morgan fingerprint density at radius 2 is 1.96 bits per heavy atom. The third kappa shape index (κ3) is 2.66. The lowest BCUT2D eigenvalue weighted by Gasteiger charge is -2.10. The van der Waals surface area contributed by atoms with Gasteiger partial charge in [-0.3, -0.25) is 4.40 Å². The van der Waals surface area contributed by atoms with Crippen LogP contribution in [0.4, 0.5) is 5.69 Å². The van der Waals surface area contributed by atoms with Crippen LogP contribution in [0.3, 0.4) is 0 Å². The second-order valence-corrected chi connectivity index (χ2v) is 7.30. The normalized spacial score (nSPS) is 11.2. The van der Waals surface area contributed by atoms with Gasteiger partial charge in [-0.15, -0.1) is 11.3 Å². The highest BCUT2D eigenvalue weighted by atomic mass is 32.1. The Bertz CT molecular complexity index is 1080. The zero-order chi connectivity index (χ0) is 17.6. The number of nitrogens with zero attached hydrogens (tertiary/aromatic N) is 2. The van der Waals surface area contributed by atoms with Crippen LogP contribution in [0.25, 0.3) is 27.5 Å². The second-order valence-electron chi connectivity index (χ2n) is 6.11. The predicted octanol–water partition coefficient (Wildman–Crippen LogP) is 4.94. The SMILES string of the molecule is COc1ccc(C)cc1-c1c(C)sc2nc(-c3cccc(N)c3)cn12. The molecule has 25 heavy (non-hydrogen) atoms. The highest BCUT2D eigenvalue weighted by Gasteiger charge is 2.18. The van der Waals surface area contributed by atoms with Crippen molar-refractivity contribution in [1.82, 2.24) is 9.38 Å². The molecule has 0 unspecified atom stereocenters. The Morgan fingerprint density at radius 3 is 2.72 bits per heavy atom. The van der Waals surface area contributed by atoms with Gasteiger partial charge in [0.2, 0.25) is 0 Å². The number of ether oxygens (including phenoxy) is 1. The van der Waals surface area contributed by atoms with E-state index in [2.05, 4.69) is 36.6 Å². The van der Waals surface area contributed by atoms with Crippen molar-refractivity contribution < 1.29 is 4.74 Å². The summed E-state index contributed by atoms with van der Waals surface area (Å²) in [7, 11) is 1.71. The van der Waals surface area contributed by atoms with Gasteiger partial charge in [-0.1, -0.05) is 23.8 Å². The number of nitrogen functional groups attached to an aromatic ring is 1. The predicted molar refractivity (Wildman–Crippen MR) is 104 cm³/mol. The summed E-state index contributed by atoms with van der Waals surface area (Å²) in [5, 5.41) is 0. The summed E-state index contributed by atoms with van der Waals surface area (Å²) in [5.74, 6) is 0.868. The van der Waals surface area contributed by atoms with E-state index >= 15 is 0 Å². The average Bonchev–Trinajstić information content (AvgIpc) is 3.11. The number of aryl methyl sites for hydroxylation is 2. The van der Waals surface area contributed by atoms with Gasteiger partial charge in [-0.05, 0) is 38.1 Å². The smallest absolute Gasteiger partial charge is 0.194 e. The van der Waals surface area contributed by atoms with Crippen molar-refractivity contribution in [2.24, 2.45) is 0 Å². The van der Waals surface area contributed by atoms with Gasteiger partial charge in [0.15, 0.2) is 4.96 Å². The van der Waals surface area contributed by atoms with E-state index < -0.39 is 0 Å². The number of rotatable bonds is 3. The van der Waals surface area contributed by atoms with Gasteiger partial charge in [0.1, 0.15) is 5.75 Å². The summed E-state index contributed by atoms with van der Waals surface area (Å²) in [5.41, 5.74) is 12.0. The van der Waals surface area contributed by atoms with E-state index in [1.807, 2.05) is 30.3 Å². The second kappa shape index (κ2) is 5.93. The van der Waals surface area contributed by atoms with Crippen molar-refractivity contribution in [3.8, 4) is 28.3 Å². The third-order valence-electron chi connectivity index (χ3n) is 4.28. The summed E-state index contributed by atoms with van der Waals surface area (Å²) in [6.45, 7) is 4.21. The number of aromatic nitrogens is 2. The molecule has 5 heteroatoms. The number of hydrogen-bond acceptors (Lipinski definition) is 4. The Labute approximate surface area is 150 Å². The molecule has 2 N–H and O–H groups in total. The van der Waals surface area contributed by atoms with E-state index in [9.17, 15) is 0 Å². The van der Waals surface area contributed by atoms with Gasteiger partial charge < -0.3 is 10.5 Å². The summed E-state index contributed by atoms with van der Waals surface area (Å²) in [4.78, 5) is 6.97. The summed E-state index contributed by atoms with van der Waals surface area (Å²) in [6, 6.07) is 14.1. The number of imidazole rings is 1. The van der Waals surface area contributed by atoms with E-state index in [0.717, 1.165) is 38.9 Å². The quantitative estimate of drug-likeness (QED) is 0.533. The van der Waals surface area contributed by atoms with Crippen LogP contribution in [0.15, 0.2) is 48.7 Å². The van der Waals surface area contributed by atoms with Crippen LogP contribution < -0.4 is 10.5 Å². The van der Waals surface area contributed by atoms with E-state index in [0.29, 0.717) is 0 Å². The van der Waals surface area contributed by atoms with Crippen LogP contribution in [0.5, 0.6) is 5.75 Å². The first kappa shape index (κ1) is 15.7. The molecule has 0 spiro atoms. The Morgan fingerprint density at radius 1 is 1.12 bits per heavy atom. The molecule has 0 atom stereocenters. The highest BCUT2D eigenvalue weighted by molar-refractivity contribution is 7.17. The summed E-state index contributed by atoms with van der Waals surface area (Å²) >= 11 is 1.68. The maximum Gasteiger partial charge on any atom is 0.194 e. The summed E-state index contributed by atoms with van der Waals surface area (Å²) in [6.07, 6.45) is 2.07. The molecular formula is C20H19N3OS. The van der Waals surface area contributed by atoms with E-state index in [1.54, 1.807) is 18.4 Å². The van der Waals surface area contributed by atoms with Gasteiger partial charge in [-0.25, -0.2) is 4.98 Å². The van der Waals surface area contributed by atoms with Crippen molar-refractivity contribution in [3.05, 3.63) is 59.1 Å². The van der Waals surface area contributed by atoms with Crippen LogP contribution >= 0.6 is 11.3 Å². The number of benzene rings is 2. The molecule has 2 heterocycles. The molecule has 0 aliphatic rings. The first-order valence-corrected chi connectivity index (χ1v) is 8.88. The van der Waals surface area contributed by atoms with Crippen molar-refractivity contribution in [2.45, 2.75) is 13.8 Å². The van der Waals surface area contributed by atoms with E-state index in [-0.39, 0.29) is 0 Å².